The third-order valence-corrected chi connectivity index (χ3v) is 5.72. The first-order chi connectivity index (χ1) is 13.6. The maximum Gasteiger partial charge on any atom is 0.276 e. The van der Waals surface area contributed by atoms with Gasteiger partial charge in [0.1, 0.15) is 17.3 Å². The molecule has 1 aromatic heterocycles. The predicted molar refractivity (Wildman–Crippen MR) is 102 cm³/mol. The predicted octanol–water partition coefficient (Wildman–Crippen LogP) is 3.22. The maximum atomic E-state index is 13.6. The van der Waals surface area contributed by atoms with Gasteiger partial charge in [0.2, 0.25) is 0 Å². The average Bonchev–Trinajstić information content (AvgIpc) is 3.16. The van der Waals surface area contributed by atoms with Crippen molar-refractivity contribution in [1.29, 1.82) is 0 Å². The van der Waals surface area contributed by atoms with E-state index in [2.05, 4.69) is 10.5 Å². The van der Waals surface area contributed by atoms with Crippen molar-refractivity contribution >= 4 is 5.91 Å². The Morgan fingerprint density at radius 3 is 2.93 bits per heavy atom. The van der Waals surface area contributed by atoms with Crippen LogP contribution in [0.25, 0.3) is 0 Å². The lowest BCUT2D eigenvalue weighted by Crippen LogP contribution is -2.39. The van der Waals surface area contributed by atoms with Crippen LogP contribution in [0, 0.1) is 5.82 Å². The summed E-state index contributed by atoms with van der Waals surface area (Å²) in [4.78, 5) is 14.6. The third-order valence-electron chi connectivity index (χ3n) is 5.72. The molecule has 0 bridgehead atoms. The van der Waals surface area contributed by atoms with E-state index in [1.165, 1.54) is 18.9 Å². The Labute approximate surface area is 163 Å². The van der Waals surface area contributed by atoms with Gasteiger partial charge in [-0.05, 0) is 49.9 Å². The molecule has 28 heavy (non-hydrogen) atoms. The van der Waals surface area contributed by atoms with Crippen LogP contribution in [0.4, 0.5) is 4.39 Å². The SMILES string of the molecule is O=C(c1cc(CC2CCCCN2)on1)N1CCCC(c2cc(O)cc(F)c2)C1. The zero-order valence-corrected chi connectivity index (χ0v) is 15.9. The molecule has 2 atom stereocenters. The number of carbonyl (C=O) groups excluding carboxylic acids is 1. The number of phenolic OH excluding ortho intramolecular Hbond substituents is 1. The lowest BCUT2D eigenvalue weighted by molar-refractivity contribution is 0.0696. The Balaban J connectivity index is 1.41. The molecule has 2 unspecified atom stereocenters. The number of rotatable bonds is 4. The van der Waals surface area contributed by atoms with Crippen molar-refractivity contribution in [1.82, 2.24) is 15.4 Å². The summed E-state index contributed by atoms with van der Waals surface area (Å²) in [5.41, 5.74) is 1.05. The van der Waals surface area contributed by atoms with Gasteiger partial charge in [0, 0.05) is 43.6 Å². The minimum atomic E-state index is -0.462. The molecule has 0 aliphatic carbocycles. The molecule has 0 saturated carbocycles. The van der Waals surface area contributed by atoms with E-state index in [0.29, 0.717) is 24.8 Å². The highest BCUT2D eigenvalue weighted by Gasteiger charge is 2.28. The second-order valence-corrected chi connectivity index (χ2v) is 7.86. The molecule has 2 N–H and O–H groups in total. The lowest BCUT2D eigenvalue weighted by Gasteiger charge is -2.32. The fourth-order valence-electron chi connectivity index (χ4n) is 4.28. The number of nitrogens with one attached hydrogen (secondary N) is 1. The fraction of sp³-hybridized carbons (Fsp3) is 0.524. The second-order valence-electron chi connectivity index (χ2n) is 7.86. The molecular formula is C21H26FN3O3. The molecule has 1 aromatic carbocycles. The van der Waals surface area contributed by atoms with Crippen LogP contribution in [-0.4, -0.2) is 46.7 Å². The Morgan fingerprint density at radius 1 is 1.25 bits per heavy atom. The quantitative estimate of drug-likeness (QED) is 0.842. The monoisotopic (exact) mass is 387 g/mol. The van der Waals surface area contributed by atoms with Crippen LogP contribution < -0.4 is 5.32 Å². The van der Waals surface area contributed by atoms with Crippen LogP contribution in [-0.2, 0) is 6.42 Å². The van der Waals surface area contributed by atoms with Gasteiger partial charge < -0.3 is 19.8 Å². The number of aromatic nitrogens is 1. The normalized spacial score (nSPS) is 23.0. The van der Waals surface area contributed by atoms with Gasteiger partial charge in [0.05, 0.1) is 0 Å². The summed E-state index contributed by atoms with van der Waals surface area (Å²) in [7, 11) is 0. The van der Waals surface area contributed by atoms with Crippen LogP contribution in [0.2, 0.25) is 0 Å². The molecule has 2 aliphatic heterocycles. The Morgan fingerprint density at radius 2 is 2.14 bits per heavy atom. The van der Waals surface area contributed by atoms with Crippen molar-refractivity contribution in [3.63, 3.8) is 0 Å². The number of hydrogen-bond donors (Lipinski definition) is 2. The number of carbonyl (C=O) groups is 1. The topological polar surface area (TPSA) is 78.6 Å². The zero-order valence-electron chi connectivity index (χ0n) is 15.9. The van der Waals surface area contributed by atoms with E-state index in [1.807, 2.05) is 0 Å². The van der Waals surface area contributed by atoms with Gasteiger partial charge in [-0.15, -0.1) is 0 Å². The number of hydrogen-bond acceptors (Lipinski definition) is 5. The van der Waals surface area contributed by atoms with Crippen LogP contribution in [0.15, 0.2) is 28.8 Å². The number of likely N-dealkylation sites (tertiary alicyclic amines) is 1. The number of phenols is 1. The second kappa shape index (κ2) is 8.31. The summed E-state index contributed by atoms with van der Waals surface area (Å²) in [5, 5.41) is 17.1. The van der Waals surface area contributed by atoms with Gasteiger partial charge in [0.25, 0.3) is 5.91 Å². The highest BCUT2D eigenvalue weighted by atomic mass is 19.1. The molecule has 6 nitrogen and oxygen atoms in total. The highest BCUT2D eigenvalue weighted by molar-refractivity contribution is 5.92. The van der Waals surface area contributed by atoms with Crippen molar-refractivity contribution in [2.75, 3.05) is 19.6 Å². The molecule has 150 valence electrons. The number of benzene rings is 1. The van der Waals surface area contributed by atoms with E-state index in [1.54, 1.807) is 17.0 Å². The molecule has 2 aromatic rings. The summed E-state index contributed by atoms with van der Waals surface area (Å²) in [5.74, 6) is 0.0206. The Kier molecular flexibility index (Phi) is 5.62. The number of halogens is 1. The van der Waals surface area contributed by atoms with Crippen molar-refractivity contribution < 1.29 is 18.8 Å². The molecule has 0 spiro atoms. The molecule has 2 saturated heterocycles. The first kappa shape index (κ1) is 18.9. The fourth-order valence-corrected chi connectivity index (χ4v) is 4.28. The standard InChI is InChI=1S/C21H26FN3O3/c22-16-8-15(9-18(26)10-16)14-4-3-7-25(13-14)21(27)20-12-19(28-24-20)11-17-5-1-2-6-23-17/h8-10,12,14,17,23,26H,1-7,11,13H2. The van der Waals surface area contributed by atoms with E-state index >= 15 is 0 Å². The summed E-state index contributed by atoms with van der Waals surface area (Å²) >= 11 is 0. The Bertz CT molecular complexity index is 812. The van der Waals surface area contributed by atoms with Gasteiger partial charge in [-0.2, -0.15) is 0 Å². The highest BCUT2D eigenvalue weighted by Crippen LogP contribution is 2.30. The van der Waals surface area contributed by atoms with E-state index in [4.69, 9.17) is 4.52 Å². The Hall–Kier alpha value is -2.41. The van der Waals surface area contributed by atoms with Crippen LogP contribution in [0.1, 0.15) is 59.8 Å². The molecule has 7 heteroatoms. The molecular weight excluding hydrogens is 361 g/mol. The van der Waals surface area contributed by atoms with Crippen molar-refractivity contribution in [3.05, 3.63) is 47.1 Å². The van der Waals surface area contributed by atoms with Gasteiger partial charge in [-0.25, -0.2) is 4.39 Å². The smallest absolute Gasteiger partial charge is 0.276 e. The summed E-state index contributed by atoms with van der Waals surface area (Å²) in [6.07, 6.45) is 5.94. The van der Waals surface area contributed by atoms with Crippen LogP contribution in [0.5, 0.6) is 5.75 Å². The van der Waals surface area contributed by atoms with E-state index in [9.17, 15) is 14.3 Å². The first-order valence-electron chi connectivity index (χ1n) is 10.1. The van der Waals surface area contributed by atoms with Gasteiger partial charge >= 0.3 is 0 Å². The van der Waals surface area contributed by atoms with Crippen molar-refractivity contribution in [3.8, 4) is 5.75 Å². The van der Waals surface area contributed by atoms with E-state index in [-0.39, 0.29) is 17.6 Å². The minimum Gasteiger partial charge on any atom is -0.508 e. The van der Waals surface area contributed by atoms with Gasteiger partial charge in [-0.1, -0.05) is 11.6 Å². The van der Waals surface area contributed by atoms with Gasteiger partial charge in [-0.3, -0.25) is 4.79 Å². The largest absolute Gasteiger partial charge is 0.508 e. The van der Waals surface area contributed by atoms with Crippen LogP contribution >= 0.6 is 0 Å². The van der Waals surface area contributed by atoms with Gasteiger partial charge in [0.15, 0.2) is 5.69 Å². The molecule has 2 fully saturated rings. The summed E-state index contributed by atoms with van der Waals surface area (Å²) < 4.78 is 19.0. The zero-order chi connectivity index (χ0) is 19.5. The molecule has 1 amide bonds. The van der Waals surface area contributed by atoms with Crippen molar-refractivity contribution in [2.45, 2.75) is 50.5 Å². The van der Waals surface area contributed by atoms with E-state index in [0.717, 1.165) is 49.6 Å². The molecule has 2 aliphatic rings. The first-order valence-corrected chi connectivity index (χ1v) is 10.1. The number of aromatic hydroxyl groups is 1. The molecule has 3 heterocycles. The van der Waals surface area contributed by atoms with E-state index < -0.39 is 5.82 Å². The molecule has 4 rings (SSSR count). The molecule has 0 radical (unpaired) electrons. The van der Waals surface area contributed by atoms with Crippen LogP contribution in [0.3, 0.4) is 0 Å². The van der Waals surface area contributed by atoms with Crippen molar-refractivity contribution in [2.24, 2.45) is 0 Å². The third kappa shape index (κ3) is 4.35. The number of nitrogens with zero attached hydrogens (tertiary/aromatic N) is 2. The summed E-state index contributed by atoms with van der Waals surface area (Å²) in [6.45, 7) is 2.15. The lowest BCUT2D eigenvalue weighted by atomic mass is 9.90. The number of piperidine rings is 2. The minimum absolute atomic E-state index is 0.00268. The number of amides is 1. The summed E-state index contributed by atoms with van der Waals surface area (Å²) in [6, 6.07) is 6.23. The maximum absolute atomic E-state index is 13.6. The average molecular weight is 387 g/mol.